The molecule has 1 aromatic rings. The molecular formula is C12H14BNO5. The fourth-order valence-corrected chi connectivity index (χ4v) is 1.68. The quantitative estimate of drug-likeness (QED) is 0.778. The molecule has 100 valence electrons. The van der Waals surface area contributed by atoms with Gasteiger partial charge in [0.2, 0.25) is 0 Å². The van der Waals surface area contributed by atoms with Crippen LogP contribution in [0.5, 0.6) is 5.75 Å². The molecule has 0 amide bonds. The Labute approximate surface area is 111 Å². The van der Waals surface area contributed by atoms with Crippen molar-refractivity contribution in [1.29, 1.82) is 0 Å². The lowest BCUT2D eigenvalue weighted by molar-refractivity contribution is 0.124. The van der Waals surface area contributed by atoms with Gasteiger partial charge in [0, 0.05) is 7.05 Å². The molecule has 6 nitrogen and oxygen atoms in total. The molecule has 0 radical (unpaired) electrons. The first-order valence-corrected chi connectivity index (χ1v) is 5.60. The third-order valence-corrected chi connectivity index (χ3v) is 2.48. The van der Waals surface area contributed by atoms with E-state index in [1.807, 2.05) is 0 Å². The third kappa shape index (κ3) is 3.07. The van der Waals surface area contributed by atoms with E-state index in [-0.39, 0.29) is 11.9 Å². The Balaban J connectivity index is 2.34. The Morgan fingerprint density at radius 1 is 1.11 bits per heavy atom. The van der Waals surface area contributed by atoms with Crippen LogP contribution >= 0.6 is 0 Å². The van der Waals surface area contributed by atoms with E-state index in [1.165, 1.54) is 24.4 Å². The van der Waals surface area contributed by atoms with Gasteiger partial charge in [0.05, 0.1) is 25.0 Å². The summed E-state index contributed by atoms with van der Waals surface area (Å²) in [5, 5.41) is 19.3. The zero-order chi connectivity index (χ0) is 13.8. The van der Waals surface area contributed by atoms with Gasteiger partial charge in [-0.25, -0.2) is 0 Å². The monoisotopic (exact) mass is 263 g/mol. The lowest BCUT2D eigenvalue weighted by Crippen LogP contribution is -2.38. The molecular weight excluding hydrogens is 249 g/mol. The normalized spacial score (nSPS) is 15.5. The number of aliphatic hydroxyl groups excluding tert-OH is 2. The molecule has 0 saturated heterocycles. The van der Waals surface area contributed by atoms with Crippen molar-refractivity contribution in [2.75, 3.05) is 14.2 Å². The molecule has 0 saturated carbocycles. The summed E-state index contributed by atoms with van der Waals surface area (Å²) in [4.78, 5) is 1.41. The van der Waals surface area contributed by atoms with E-state index in [4.69, 9.17) is 14.0 Å². The van der Waals surface area contributed by atoms with Crippen molar-refractivity contribution in [2.24, 2.45) is 0 Å². The van der Waals surface area contributed by atoms with Crippen molar-refractivity contribution in [2.45, 2.75) is 0 Å². The molecule has 0 bridgehead atoms. The predicted molar refractivity (Wildman–Crippen MR) is 69.7 cm³/mol. The molecule has 7 heteroatoms. The summed E-state index contributed by atoms with van der Waals surface area (Å²) in [7, 11) is 2.13. The highest BCUT2D eigenvalue weighted by Crippen LogP contribution is 2.14. The maximum Gasteiger partial charge on any atom is 0.640 e. The van der Waals surface area contributed by atoms with E-state index >= 15 is 0 Å². The number of para-hydroxylation sites is 1. The van der Waals surface area contributed by atoms with Crippen LogP contribution < -0.4 is 10.2 Å². The van der Waals surface area contributed by atoms with Crippen molar-refractivity contribution in [3.8, 4) is 5.75 Å². The van der Waals surface area contributed by atoms with Gasteiger partial charge in [0.1, 0.15) is 5.75 Å². The third-order valence-electron chi connectivity index (χ3n) is 2.48. The van der Waals surface area contributed by atoms with Gasteiger partial charge in [0.15, 0.2) is 0 Å². The van der Waals surface area contributed by atoms with Crippen molar-refractivity contribution in [3.63, 3.8) is 0 Å². The second kappa shape index (κ2) is 5.47. The van der Waals surface area contributed by atoms with Gasteiger partial charge in [-0.05, 0) is 6.07 Å². The SMILES string of the molecule is COc1ccccc1B1OC(O)=CN(C)C=C(O)O1. The van der Waals surface area contributed by atoms with Crippen molar-refractivity contribution < 1.29 is 24.3 Å². The number of nitrogens with zero attached hydrogens (tertiary/aromatic N) is 1. The van der Waals surface area contributed by atoms with Crippen LogP contribution in [0.25, 0.3) is 0 Å². The van der Waals surface area contributed by atoms with E-state index in [1.54, 1.807) is 31.3 Å². The van der Waals surface area contributed by atoms with Gasteiger partial charge in [-0.3, -0.25) is 0 Å². The van der Waals surface area contributed by atoms with Gasteiger partial charge in [-0.2, -0.15) is 0 Å². The van der Waals surface area contributed by atoms with E-state index < -0.39 is 7.12 Å². The summed E-state index contributed by atoms with van der Waals surface area (Å²) in [6.07, 6.45) is 2.61. The van der Waals surface area contributed by atoms with Crippen LogP contribution in [0.2, 0.25) is 0 Å². The van der Waals surface area contributed by atoms with Gasteiger partial charge in [0.25, 0.3) is 11.9 Å². The van der Waals surface area contributed by atoms with Crippen LogP contribution in [0, 0.1) is 0 Å². The second-order valence-electron chi connectivity index (χ2n) is 3.91. The zero-order valence-corrected chi connectivity index (χ0v) is 10.6. The molecule has 1 heterocycles. The highest BCUT2D eigenvalue weighted by atomic mass is 16.7. The van der Waals surface area contributed by atoms with E-state index in [0.29, 0.717) is 11.2 Å². The minimum absolute atomic E-state index is 0.331. The van der Waals surface area contributed by atoms with E-state index in [2.05, 4.69) is 0 Å². The minimum atomic E-state index is -1.00. The Morgan fingerprint density at radius 2 is 1.68 bits per heavy atom. The maximum atomic E-state index is 9.63. The van der Waals surface area contributed by atoms with Gasteiger partial charge in [-0.15, -0.1) is 0 Å². The van der Waals surface area contributed by atoms with Crippen LogP contribution in [-0.4, -0.2) is 36.4 Å². The van der Waals surface area contributed by atoms with E-state index in [0.717, 1.165) is 0 Å². The molecule has 2 N–H and O–H groups in total. The molecule has 0 aromatic heterocycles. The smallest absolute Gasteiger partial charge is 0.497 e. The fraction of sp³-hybridized carbons (Fsp3) is 0.167. The number of methoxy groups -OCH3 is 1. The molecule has 19 heavy (non-hydrogen) atoms. The number of aliphatic hydroxyl groups is 2. The van der Waals surface area contributed by atoms with E-state index in [9.17, 15) is 10.2 Å². The average molecular weight is 263 g/mol. The molecule has 1 aromatic carbocycles. The molecule has 2 rings (SSSR count). The first-order chi connectivity index (χ1) is 9.10. The molecule has 0 fully saturated rings. The number of benzene rings is 1. The Hall–Kier alpha value is -2.44. The summed E-state index contributed by atoms with van der Waals surface area (Å²) in [6.45, 7) is 0. The Kier molecular flexibility index (Phi) is 3.75. The first-order valence-electron chi connectivity index (χ1n) is 5.60. The molecule has 1 aliphatic heterocycles. The Bertz CT molecular complexity index is 495. The minimum Gasteiger partial charge on any atom is -0.497 e. The summed E-state index contributed by atoms with van der Waals surface area (Å²) in [5.74, 6) is -0.133. The molecule has 0 spiro atoms. The average Bonchev–Trinajstić information content (AvgIpc) is 2.35. The van der Waals surface area contributed by atoms with Crippen LogP contribution in [0.1, 0.15) is 0 Å². The molecule has 0 atom stereocenters. The fourth-order valence-electron chi connectivity index (χ4n) is 1.68. The molecule has 0 aliphatic carbocycles. The Morgan fingerprint density at radius 3 is 2.26 bits per heavy atom. The van der Waals surface area contributed by atoms with Crippen LogP contribution in [0.15, 0.2) is 48.6 Å². The van der Waals surface area contributed by atoms with Crippen LogP contribution in [0.3, 0.4) is 0 Å². The highest BCUT2D eigenvalue weighted by molar-refractivity contribution is 6.62. The van der Waals surface area contributed by atoms with Crippen molar-refractivity contribution in [3.05, 3.63) is 48.6 Å². The van der Waals surface area contributed by atoms with Crippen molar-refractivity contribution in [1.82, 2.24) is 4.90 Å². The number of hydrogen-bond acceptors (Lipinski definition) is 6. The maximum absolute atomic E-state index is 9.63. The summed E-state index contributed by atoms with van der Waals surface area (Å²) in [6, 6.07) is 7.02. The summed E-state index contributed by atoms with van der Waals surface area (Å²) < 4.78 is 15.7. The lowest BCUT2D eigenvalue weighted by atomic mass is 9.78. The largest absolute Gasteiger partial charge is 0.640 e. The first kappa shape index (κ1) is 13.0. The van der Waals surface area contributed by atoms with Gasteiger partial charge in [-0.1, -0.05) is 18.2 Å². The summed E-state index contributed by atoms with van der Waals surface area (Å²) in [5.41, 5.74) is 0.550. The number of ether oxygens (including phenoxy) is 1. The lowest BCUT2D eigenvalue weighted by Gasteiger charge is -2.21. The number of rotatable bonds is 2. The number of hydrogen-bond donors (Lipinski definition) is 2. The second-order valence-corrected chi connectivity index (χ2v) is 3.91. The van der Waals surface area contributed by atoms with Crippen LogP contribution in [0.4, 0.5) is 0 Å². The summed E-state index contributed by atoms with van der Waals surface area (Å²) >= 11 is 0. The van der Waals surface area contributed by atoms with Crippen LogP contribution in [-0.2, 0) is 9.31 Å². The molecule has 1 aliphatic rings. The topological polar surface area (TPSA) is 71.4 Å². The highest BCUT2D eigenvalue weighted by Gasteiger charge is 2.32. The standard InChI is InChI=1S/C12H14BNO5/c1-14-7-11(15)18-13(19-12(16)8-14)9-5-3-4-6-10(9)17-2/h3-8,15-16H,1-2H3. The van der Waals surface area contributed by atoms with Gasteiger partial charge < -0.3 is 29.2 Å². The molecule has 0 unspecified atom stereocenters. The van der Waals surface area contributed by atoms with Crippen molar-refractivity contribution >= 4 is 12.6 Å². The zero-order valence-electron chi connectivity index (χ0n) is 10.6. The van der Waals surface area contributed by atoms with Gasteiger partial charge >= 0.3 is 7.12 Å². The predicted octanol–water partition coefficient (Wildman–Crippen LogP) is 1.08.